The summed E-state index contributed by atoms with van der Waals surface area (Å²) in [4.78, 5) is 12.8. The predicted molar refractivity (Wildman–Crippen MR) is 93.3 cm³/mol. The highest BCUT2D eigenvalue weighted by molar-refractivity contribution is 9.10. The van der Waals surface area contributed by atoms with Gasteiger partial charge in [0.1, 0.15) is 17.6 Å². The van der Waals surface area contributed by atoms with Crippen molar-refractivity contribution in [2.24, 2.45) is 5.10 Å². The topological polar surface area (TPSA) is 79.2 Å². The largest absolute Gasteiger partial charge is 0.507 e. The summed E-state index contributed by atoms with van der Waals surface area (Å²) < 4.78 is 11.3. The molecule has 6 nitrogen and oxygen atoms in total. The maximum Gasteiger partial charge on any atom is 0.310 e. The number of rotatable bonds is 3. The van der Waals surface area contributed by atoms with Crippen LogP contribution in [0.1, 0.15) is 34.3 Å². The fraction of sp³-hybridized carbons (Fsp3) is 0.111. The summed E-state index contributed by atoms with van der Waals surface area (Å²) in [6, 6.07) is 13.3. The van der Waals surface area contributed by atoms with Crippen LogP contribution in [0.3, 0.4) is 0 Å². The molecule has 1 unspecified atom stereocenters. The Labute approximate surface area is 151 Å². The van der Waals surface area contributed by atoms with Gasteiger partial charge in [-0.3, -0.25) is 4.79 Å². The minimum atomic E-state index is -0.402. The summed E-state index contributed by atoms with van der Waals surface area (Å²) in [6.07, 6.45) is 1.98. The molecule has 7 heteroatoms. The average Bonchev–Trinajstić information content (AvgIpc) is 3.34. The van der Waals surface area contributed by atoms with Crippen molar-refractivity contribution in [3.05, 3.63) is 76.5 Å². The van der Waals surface area contributed by atoms with Crippen molar-refractivity contribution in [3.8, 4) is 5.75 Å². The van der Waals surface area contributed by atoms with Gasteiger partial charge in [-0.25, -0.2) is 5.01 Å². The first-order chi connectivity index (χ1) is 12.1. The molecule has 126 valence electrons. The molecule has 1 aromatic carbocycles. The second-order valence-corrected chi connectivity index (χ2v) is 6.33. The SMILES string of the molecule is O=C(c1ccc(Br)o1)N1N=C(c2ccccc2O)CC1c1ccco1. The van der Waals surface area contributed by atoms with Crippen LogP contribution in [0.4, 0.5) is 0 Å². The summed E-state index contributed by atoms with van der Waals surface area (Å²) in [5.41, 5.74) is 1.20. The molecule has 1 aliphatic heterocycles. The molecule has 1 aliphatic rings. The van der Waals surface area contributed by atoms with E-state index in [1.807, 2.05) is 6.07 Å². The number of carbonyl (C=O) groups excluding carboxylic acids is 1. The number of para-hydroxylation sites is 1. The molecule has 0 fully saturated rings. The van der Waals surface area contributed by atoms with Gasteiger partial charge in [-0.1, -0.05) is 12.1 Å². The zero-order valence-electron chi connectivity index (χ0n) is 12.9. The lowest BCUT2D eigenvalue weighted by atomic mass is 10.0. The number of hydrogen-bond donors (Lipinski definition) is 1. The van der Waals surface area contributed by atoms with Gasteiger partial charge in [0.15, 0.2) is 10.4 Å². The van der Waals surface area contributed by atoms with E-state index in [4.69, 9.17) is 8.83 Å². The van der Waals surface area contributed by atoms with Gasteiger partial charge in [0.05, 0.1) is 12.0 Å². The van der Waals surface area contributed by atoms with Gasteiger partial charge in [-0.15, -0.1) is 0 Å². The highest BCUT2D eigenvalue weighted by Gasteiger charge is 2.37. The third kappa shape index (κ3) is 2.87. The third-order valence-electron chi connectivity index (χ3n) is 3.99. The number of nitrogens with zero attached hydrogens (tertiary/aromatic N) is 2. The van der Waals surface area contributed by atoms with Crippen LogP contribution in [0.15, 0.2) is 73.4 Å². The normalized spacial score (nSPS) is 16.9. The molecular weight excluding hydrogens is 388 g/mol. The zero-order valence-corrected chi connectivity index (χ0v) is 14.5. The molecule has 1 amide bonds. The quantitative estimate of drug-likeness (QED) is 0.709. The van der Waals surface area contributed by atoms with E-state index < -0.39 is 6.04 Å². The van der Waals surface area contributed by atoms with Crippen molar-refractivity contribution in [2.45, 2.75) is 12.5 Å². The van der Waals surface area contributed by atoms with Crippen molar-refractivity contribution < 1.29 is 18.7 Å². The summed E-state index contributed by atoms with van der Waals surface area (Å²) >= 11 is 3.20. The average molecular weight is 401 g/mol. The number of halogens is 1. The number of phenolic OH excluding ortho intramolecular Hbond substituents is 1. The first kappa shape index (κ1) is 15.7. The van der Waals surface area contributed by atoms with Gasteiger partial charge in [0, 0.05) is 12.0 Å². The summed E-state index contributed by atoms with van der Waals surface area (Å²) in [6.45, 7) is 0. The number of aromatic hydroxyl groups is 1. The number of amides is 1. The Kier molecular flexibility index (Phi) is 3.93. The molecule has 0 saturated heterocycles. The van der Waals surface area contributed by atoms with Crippen LogP contribution < -0.4 is 0 Å². The van der Waals surface area contributed by atoms with Gasteiger partial charge in [-0.05, 0) is 52.3 Å². The van der Waals surface area contributed by atoms with Crippen LogP contribution >= 0.6 is 15.9 Å². The van der Waals surface area contributed by atoms with Crippen LogP contribution in [-0.4, -0.2) is 21.7 Å². The van der Waals surface area contributed by atoms with Gasteiger partial charge < -0.3 is 13.9 Å². The smallest absolute Gasteiger partial charge is 0.310 e. The molecule has 25 heavy (non-hydrogen) atoms. The van der Waals surface area contributed by atoms with Crippen LogP contribution in [-0.2, 0) is 0 Å². The summed E-state index contributed by atoms with van der Waals surface area (Å²) in [7, 11) is 0. The molecule has 0 saturated carbocycles. The molecule has 4 rings (SSSR count). The van der Waals surface area contributed by atoms with Gasteiger partial charge in [0.2, 0.25) is 0 Å². The van der Waals surface area contributed by atoms with Gasteiger partial charge in [-0.2, -0.15) is 5.10 Å². The van der Waals surface area contributed by atoms with E-state index in [0.29, 0.717) is 28.1 Å². The molecule has 0 spiro atoms. The van der Waals surface area contributed by atoms with Crippen LogP contribution in [0.5, 0.6) is 5.75 Å². The Morgan fingerprint density at radius 1 is 1.20 bits per heavy atom. The zero-order chi connectivity index (χ0) is 17.4. The summed E-state index contributed by atoms with van der Waals surface area (Å²) in [5, 5.41) is 15.9. The second kappa shape index (κ2) is 6.25. The molecule has 0 bridgehead atoms. The van der Waals surface area contributed by atoms with E-state index in [0.717, 1.165) is 0 Å². The maximum absolute atomic E-state index is 12.8. The Hall–Kier alpha value is -2.80. The van der Waals surface area contributed by atoms with Crippen LogP contribution in [0.25, 0.3) is 0 Å². The number of hydrazone groups is 1. The first-order valence-electron chi connectivity index (χ1n) is 7.61. The third-order valence-corrected chi connectivity index (χ3v) is 4.42. The van der Waals surface area contributed by atoms with Crippen molar-refractivity contribution in [1.29, 1.82) is 0 Å². The lowest BCUT2D eigenvalue weighted by Crippen LogP contribution is -2.26. The monoisotopic (exact) mass is 400 g/mol. The lowest BCUT2D eigenvalue weighted by molar-refractivity contribution is 0.0659. The highest BCUT2D eigenvalue weighted by atomic mass is 79.9. The van der Waals surface area contributed by atoms with Crippen LogP contribution in [0.2, 0.25) is 0 Å². The number of carbonyl (C=O) groups is 1. The Morgan fingerprint density at radius 2 is 2.04 bits per heavy atom. The standard InChI is InChI=1S/C18H13BrN2O4/c19-17-8-7-16(25-17)18(23)21-13(15-6-3-9-24-15)10-12(20-21)11-4-1-2-5-14(11)22/h1-9,13,22H,10H2. The Bertz CT molecular complexity index is 946. The van der Waals surface area contributed by atoms with E-state index >= 15 is 0 Å². The molecule has 3 aromatic rings. The summed E-state index contributed by atoms with van der Waals surface area (Å²) in [5.74, 6) is 0.533. The van der Waals surface area contributed by atoms with Crippen molar-refractivity contribution in [3.63, 3.8) is 0 Å². The Balaban J connectivity index is 1.74. The fourth-order valence-electron chi connectivity index (χ4n) is 2.82. The molecule has 0 aliphatic carbocycles. The molecule has 1 atom stereocenters. The van der Waals surface area contributed by atoms with E-state index in [9.17, 15) is 9.90 Å². The fourth-order valence-corrected chi connectivity index (χ4v) is 3.13. The second-order valence-electron chi connectivity index (χ2n) is 5.55. The molecule has 0 radical (unpaired) electrons. The van der Waals surface area contributed by atoms with Crippen molar-refractivity contribution in [1.82, 2.24) is 5.01 Å². The first-order valence-corrected chi connectivity index (χ1v) is 8.41. The number of hydrogen-bond acceptors (Lipinski definition) is 5. The number of phenols is 1. The molecule has 1 N–H and O–H groups in total. The predicted octanol–water partition coefficient (Wildman–Crippen LogP) is 4.33. The minimum absolute atomic E-state index is 0.120. The van der Waals surface area contributed by atoms with Crippen LogP contribution in [0, 0.1) is 0 Å². The molecular formula is C18H13BrN2O4. The van der Waals surface area contributed by atoms with Gasteiger partial charge >= 0.3 is 5.91 Å². The molecule has 2 aromatic heterocycles. The molecule has 3 heterocycles. The van der Waals surface area contributed by atoms with E-state index in [1.54, 1.807) is 48.7 Å². The Morgan fingerprint density at radius 3 is 2.72 bits per heavy atom. The van der Waals surface area contributed by atoms with Gasteiger partial charge in [0.25, 0.3) is 0 Å². The number of furan rings is 2. The van der Waals surface area contributed by atoms with Crippen molar-refractivity contribution in [2.75, 3.05) is 0 Å². The minimum Gasteiger partial charge on any atom is -0.507 e. The van der Waals surface area contributed by atoms with E-state index in [1.165, 1.54) is 5.01 Å². The maximum atomic E-state index is 12.8. The van der Waals surface area contributed by atoms with E-state index in [-0.39, 0.29) is 17.4 Å². The lowest BCUT2D eigenvalue weighted by Gasteiger charge is -2.18. The number of benzene rings is 1. The highest BCUT2D eigenvalue weighted by Crippen LogP contribution is 2.36. The van der Waals surface area contributed by atoms with E-state index in [2.05, 4.69) is 21.0 Å². The van der Waals surface area contributed by atoms with Crippen molar-refractivity contribution >= 4 is 27.5 Å².